The zero-order valence-electron chi connectivity index (χ0n) is 18.5. The lowest BCUT2D eigenvalue weighted by Gasteiger charge is -2.19. The van der Waals surface area contributed by atoms with Crippen LogP contribution >= 0.6 is 0 Å². The maximum atomic E-state index is 12.6. The summed E-state index contributed by atoms with van der Waals surface area (Å²) in [5.74, 6) is 1.28. The second-order valence-electron chi connectivity index (χ2n) is 8.69. The minimum Gasteiger partial charge on any atom is -0.486 e. The maximum absolute atomic E-state index is 12.6. The topological polar surface area (TPSA) is 69.3 Å². The van der Waals surface area contributed by atoms with E-state index in [-0.39, 0.29) is 23.7 Å². The lowest BCUT2D eigenvalue weighted by molar-refractivity contribution is 0.0992. The van der Waals surface area contributed by atoms with E-state index in [9.17, 15) is 4.79 Å². The lowest BCUT2D eigenvalue weighted by Crippen LogP contribution is -2.11. The van der Waals surface area contributed by atoms with Crippen molar-refractivity contribution in [3.63, 3.8) is 0 Å². The first-order chi connectivity index (χ1) is 15.4. The highest BCUT2D eigenvalue weighted by atomic mass is 16.5. The molecule has 4 aromatic rings. The van der Waals surface area contributed by atoms with Crippen molar-refractivity contribution < 1.29 is 13.9 Å². The number of hydrogen-bond donors (Lipinski definition) is 1. The molecule has 6 nitrogen and oxygen atoms in total. The van der Waals surface area contributed by atoms with Gasteiger partial charge in [-0.05, 0) is 59.0 Å². The number of nitrogens with zero attached hydrogens (tertiary/aromatic N) is 2. The highest BCUT2D eigenvalue weighted by molar-refractivity contribution is 6.02. The van der Waals surface area contributed by atoms with Crippen molar-refractivity contribution >= 4 is 11.6 Å². The number of carbonyl (C=O) groups excluding carboxylic acids is 1. The number of aromatic nitrogens is 2. The molecule has 0 saturated carbocycles. The Morgan fingerprint density at radius 1 is 1.06 bits per heavy atom. The van der Waals surface area contributed by atoms with Gasteiger partial charge in [0.25, 0.3) is 5.91 Å². The Kier molecular flexibility index (Phi) is 6.12. The van der Waals surface area contributed by atoms with Gasteiger partial charge in [0.2, 0.25) is 0 Å². The van der Waals surface area contributed by atoms with Crippen LogP contribution in [-0.4, -0.2) is 15.7 Å². The fourth-order valence-electron chi connectivity index (χ4n) is 3.30. The van der Waals surface area contributed by atoms with E-state index in [1.807, 2.05) is 53.3 Å². The van der Waals surface area contributed by atoms with Gasteiger partial charge in [-0.15, -0.1) is 0 Å². The Morgan fingerprint density at radius 3 is 2.59 bits per heavy atom. The second-order valence-corrected chi connectivity index (χ2v) is 8.69. The molecule has 0 aliphatic heterocycles. The van der Waals surface area contributed by atoms with Crippen LogP contribution in [0.1, 0.15) is 48.2 Å². The quantitative estimate of drug-likeness (QED) is 0.412. The zero-order valence-corrected chi connectivity index (χ0v) is 18.5. The Hall–Kier alpha value is -3.80. The minimum absolute atomic E-state index is 0.0977. The van der Waals surface area contributed by atoms with Crippen LogP contribution in [0, 0.1) is 0 Å². The molecule has 0 fully saturated rings. The molecule has 0 radical (unpaired) electrons. The second kappa shape index (κ2) is 9.14. The van der Waals surface area contributed by atoms with E-state index in [4.69, 9.17) is 9.15 Å². The highest BCUT2D eigenvalue weighted by Gasteiger charge is 2.14. The number of anilines is 1. The van der Waals surface area contributed by atoms with Crippen molar-refractivity contribution in [3.05, 3.63) is 102 Å². The summed E-state index contributed by atoms with van der Waals surface area (Å²) >= 11 is 0. The van der Waals surface area contributed by atoms with Crippen LogP contribution in [0.4, 0.5) is 5.69 Å². The van der Waals surface area contributed by atoms with Crippen LogP contribution in [-0.2, 0) is 18.6 Å². The van der Waals surface area contributed by atoms with Crippen molar-refractivity contribution in [3.8, 4) is 5.75 Å². The van der Waals surface area contributed by atoms with Gasteiger partial charge in [-0.2, -0.15) is 5.10 Å². The zero-order chi connectivity index (χ0) is 22.6. The molecule has 2 aromatic heterocycles. The summed E-state index contributed by atoms with van der Waals surface area (Å²) in [7, 11) is 0. The molecule has 4 rings (SSSR count). The van der Waals surface area contributed by atoms with Gasteiger partial charge in [0, 0.05) is 18.1 Å². The summed E-state index contributed by atoms with van der Waals surface area (Å²) in [5.41, 5.74) is 3.08. The molecular weight excluding hydrogens is 402 g/mol. The molecule has 0 spiro atoms. The van der Waals surface area contributed by atoms with Gasteiger partial charge >= 0.3 is 0 Å². The van der Waals surface area contributed by atoms with Crippen molar-refractivity contribution in [2.45, 2.75) is 39.3 Å². The molecule has 0 aliphatic rings. The first kappa shape index (κ1) is 21.4. The molecule has 1 N–H and O–H groups in total. The van der Waals surface area contributed by atoms with Gasteiger partial charge < -0.3 is 14.5 Å². The van der Waals surface area contributed by atoms with Crippen LogP contribution in [0.3, 0.4) is 0 Å². The monoisotopic (exact) mass is 429 g/mol. The molecule has 32 heavy (non-hydrogen) atoms. The molecule has 2 heterocycles. The number of ether oxygens (including phenoxy) is 1. The number of carbonyl (C=O) groups is 1. The molecule has 1 amide bonds. The van der Waals surface area contributed by atoms with E-state index in [0.29, 0.717) is 18.0 Å². The summed E-state index contributed by atoms with van der Waals surface area (Å²) in [5, 5.41) is 7.09. The van der Waals surface area contributed by atoms with Crippen LogP contribution in [0.5, 0.6) is 5.75 Å². The third-order valence-electron chi connectivity index (χ3n) is 5.08. The van der Waals surface area contributed by atoms with Gasteiger partial charge in [-0.3, -0.25) is 9.48 Å². The van der Waals surface area contributed by atoms with E-state index in [0.717, 1.165) is 11.3 Å². The third kappa shape index (κ3) is 5.46. The molecule has 0 bridgehead atoms. The molecule has 0 unspecified atom stereocenters. The largest absolute Gasteiger partial charge is 0.486 e. The predicted octanol–water partition coefficient (Wildman–Crippen LogP) is 5.65. The van der Waals surface area contributed by atoms with Gasteiger partial charge in [-0.1, -0.05) is 45.0 Å². The summed E-state index contributed by atoms with van der Waals surface area (Å²) in [6.07, 6.45) is 3.64. The molecule has 0 aliphatic carbocycles. The number of benzene rings is 2. The SMILES string of the molecule is CC(C)(C)c1ccc(OCc2ccc(C(=O)Nc3cccc(Cn4cccn4)c3)o2)cc1. The molecule has 2 aromatic carbocycles. The summed E-state index contributed by atoms with van der Waals surface area (Å²) in [6, 6.07) is 21.0. The fraction of sp³-hybridized carbons (Fsp3) is 0.231. The van der Waals surface area contributed by atoms with Crippen LogP contribution < -0.4 is 10.1 Å². The van der Waals surface area contributed by atoms with E-state index in [1.165, 1.54) is 5.56 Å². The van der Waals surface area contributed by atoms with E-state index >= 15 is 0 Å². The Morgan fingerprint density at radius 2 is 1.88 bits per heavy atom. The molecule has 0 atom stereocenters. The predicted molar refractivity (Wildman–Crippen MR) is 124 cm³/mol. The minimum atomic E-state index is -0.304. The van der Waals surface area contributed by atoms with Gasteiger partial charge in [0.05, 0.1) is 6.54 Å². The number of rotatable bonds is 7. The summed E-state index contributed by atoms with van der Waals surface area (Å²) < 4.78 is 13.3. The highest BCUT2D eigenvalue weighted by Crippen LogP contribution is 2.25. The standard InChI is InChI=1S/C26H27N3O3/c1-26(2,3)20-8-10-22(11-9-20)31-18-23-12-13-24(32-23)25(30)28-21-7-4-6-19(16-21)17-29-15-5-14-27-29/h4-16H,17-18H2,1-3H3,(H,28,30). The average Bonchev–Trinajstić information content (AvgIpc) is 3.44. The summed E-state index contributed by atoms with van der Waals surface area (Å²) in [6.45, 7) is 7.41. The number of furan rings is 1. The smallest absolute Gasteiger partial charge is 0.291 e. The molecule has 164 valence electrons. The maximum Gasteiger partial charge on any atom is 0.291 e. The van der Waals surface area contributed by atoms with Gasteiger partial charge in [-0.25, -0.2) is 0 Å². The number of nitrogens with one attached hydrogen (secondary N) is 1. The van der Waals surface area contributed by atoms with Crippen LogP contribution in [0.25, 0.3) is 0 Å². The lowest BCUT2D eigenvalue weighted by atomic mass is 9.87. The van der Waals surface area contributed by atoms with Crippen LogP contribution in [0.15, 0.2) is 83.5 Å². The van der Waals surface area contributed by atoms with Crippen molar-refractivity contribution in [2.24, 2.45) is 0 Å². The fourth-order valence-corrected chi connectivity index (χ4v) is 3.30. The van der Waals surface area contributed by atoms with Crippen molar-refractivity contribution in [1.82, 2.24) is 9.78 Å². The van der Waals surface area contributed by atoms with Gasteiger partial charge in [0.15, 0.2) is 5.76 Å². The Bertz CT molecular complexity index is 1170. The average molecular weight is 430 g/mol. The normalized spacial score (nSPS) is 11.3. The molecule has 6 heteroatoms. The van der Waals surface area contributed by atoms with Gasteiger partial charge in [0.1, 0.15) is 18.1 Å². The van der Waals surface area contributed by atoms with Crippen molar-refractivity contribution in [1.29, 1.82) is 0 Å². The van der Waals surface area contributed by atoms with E-state index < -0.39 is 0 Å². The third-order valence-corrected chi connectivity index (χ3v) is 5.08. The first-order valence-corrected chi connectivity index (χ1v) is 10.6. The Balaban J connectivity index is 1.34. The van der Waals surface area contributed by atoms with Crippen LogP contribution in [0.2, 0.25) is 0 Å². The van der Waals surface area contributed by atoms with Crippen molar-refractivity contribution in [2.75, 3.05) is 5.32 Å². The molecule has 0 saturated heterocycles. The van der Waals surface area contributed by atoms with E-state index in [1.54, 1.807) is 18.3 Å². The number of hydrogen-bond acceptors (Lipinski definition) is 4. The van der Waals surface area contributed by atoms with E-state index in [2.05, 4.69) is 43.3 Å². The molecular formula is C26H27N3O3. The summed E-state index contributed by atoms with van der Waals surface area (Å²) in [4.78, 5) is 12.6. The number of amides is 1. The Labute approximate surface area is 187 Å². The first-order valence-electron chi connectivity index (χ1n) is 10.6.